The van der Waals surface area contributed by atoms with Gasteiger partial charge in [-0.3, -0.25) is 14.9 Å². The van der Waals surface area contributed by atoms with Crippen molar-refractivity contribution < 1.29 is 19.2 Å². The van der Waals surface area contributed by atoms with Gasteiger partial charge < -0.3 is 14.4 Å². The summed E-state index contributed by atoms with van der Waals surface area (Å²) < 4.78 is 10.7. The molecule has 2 aromatic rings. The number of hydrogen-bond donors (Lipinski definition) is 0. The molecule has 0 radical (unpaired) electrons. The van der Waals surface area contributed by atoms with Gasteiger partial charge in [-0.15, -0.1) is 0 Å². The van der Waals surface area contributed by atoms with E-state index in [4.69, 9.17) is 14.7 Å². The van der Waals surface area contributed by atoms with E-state index in [-0.39, 0.29) is 35.7 Å². The third-order valence-corrected chi connectivity index (χ3v) is 4.79. The van der Waals surface area contributed by atoms with E-state index in [1.54, 1.807) is 36.1 Å². The normalized spacial score (nSPS) is 14.1. The van der Waals surface area contributed by atoms with Crippen LogP contribution < -0.4 is 9.64 Å². The molecule has 10 nitrogen and oxygen atoms in total. The molecule has 2 heterocycles. The number of aromatic nitrogens is 2. The molecule has 1 saturated heterocycles. The minimum absolute atomic E-state index is 0.161. The molecule has 3 rings (SSSR count). The van der Waals surface area contributed by atoms with Crippen LogP contribution in [0.15, 0.2) is 30.6 Å². The minimum Gasteiger partial charge on any atom is -0.466 e. The van der Waals surface area contributed by atoms with Gasteiger partial charge in [0.05, 0.1) is 29.9 Å². The number of piperidine rings is 1. The average Bonchev–Trinajstić information content (AvgIpc) is 2.75. The Morgan fingerprint density at radius 1 is 1.30 bits per heavy atom. The van der Waals surface area contributed by atoms with E-state index < -0.39 is 4.92 Å². The number of nitriles is 1. The molecule has 0 atom stereocenters. The maximum Gasteiger partial charge on any atom is 0.373 e. The van der Waals surface area contributed by atoms with Crippen LogP contribution in [0.4, 0.5) is 11.5 Å². The molecule has 1 fully saturated rings. The van der Waals surface area contributed by atoms with Gasteiger partial charge in [-0.25, -0.2) is 4.98 Å². The number of carbonyl (C=O) groups is 1. The number of hydrogen-bond acceptors (Lipinski definition) is 9. The minimum atomic E-state index is -0.563. The molecule has 0 unspecified atom stereocenters. The fourth-order valence-corrected chi connectivity index (χ4v) is 3.29. The summed E-state index contributed by atoms with van der Waals surface area (Å²) in [4.78, 5) is 33.0. The Hall–Kier alpha value is -3.74. The van der Waals surface area contributed by atoms with Gasteiger partial charge in [0.2, 0.25) is 5.82 Å². The van der Waals surface area contributed by atoms with Crippen LogP contribution >= 0.6 is 0 Å². The van der Waals surface area contributed by atoms with Crippen molar-refractivity contribution in [3.63, 3.8) is 0 Å². The van der Waals surface area contributed by atoms with Crippen molar-refractivity contribution in [3.05, 3.63) is 46.3 Å². The first-order chi connectivity index (χ1) is 14.5. The van der Waals surface area contributed by atoms with Gasteiger partial charge in [0.15, 0.2) is 0 Å². The summed E-state index contributed by atoms with van der Waals surface area (Å²) in [6.07, 6.45) is 2.53. The predicted molar refractivity (Wildman–Crippen MR) is 106 cm³/mol. The Balaban J connectivity index is 1.79. The number of ether oxygens (including phenoxy) is 2. The molecule has 0 saturated carbocycles. The quantitative estimate of drug-likeness (QED) is 0.383. The molecular formula is C20H21N5O5. The van der Waals surface area contributed by atoms with E-state index in [9.17, 15) is 14.9 Å². The summed E-state index contributed by atoms with van der Waals surface area (Å²) in [5.41, 5.74) is 0.486. The van der Waals surface area contributed by atoms with Crippen LogP contribution in [0.1, 0.15) is 25.3 Å². The highest BCUT2D eigenvalue weighted by molar-refractivity contribution is 5.73. The second kappa shape index (κ2) is 9.65. The van der Waals surface area contributed by atoms with Crippen LogP contribution in [0.25, 0.3) is 0 Å². The number of anilines is 1. The SMILES string of the molecule is CCOC(=O)C1CCN(c2ncnc(Oc3ccc(CC#N)cc3)c2[N+](=O)[O-])CC1. The Kier molecular flexibility index (Phi) is 6.75. The van der Waals surface area contributed by atoms with E-state index in [2.05, 4.69) is 16.0 Å². The van der Waals surface area contributed by atoms with E-state index in [1.165, 1.54) is 6.33 Å². The van der Waals surface area contributed by atoms with E-state index in [1.807, 2.05) is 0 Å². The lowest BCUT2D eigenvalue weighted by Gasteiger charge is -2.31. The lowest BCUT2D eigenvalue weighted by molar-refractivity contribution is -0.385. The van der Waals surface area contributed by atoms with Gasteiger partial charge in [0.25, 0.3) is 0 Å². The summed E-state index contributed by atoms with van der Waals surface area (Å²) in [5, 5.41) is 20.5. The van der Waals surface area contributed by atoms with Crippen molar-refractivity contribution in [1.29, 1.82) is 5.26 Å². The number of esters is 1. The predicted octanol–water partition coefficient (Wildman–Crippen LogP) is 3.02. The first-order valence-electron chi connectivity index (χ1n) is 9.58. The van der Waals surface area contributed by atoms with Crippen molar-refractivity contribution in [1.82, 2.24) is 9.97 Å². The lowest BCUT2D eigenvalue weighted by Crippen LogP contribution is -2.37. The van der Waals surface area contributed by atoms with Crippen LogP contribution in [-0.2, 0) is 16.0 Å². The first-order valence-corrected chi connectivity index (χ1v) is 9.58. The summed E-state index contributed by atoms with van der Waals surface area (Å²) in [6.45, 7) is 2.96. The second-order valence-corrected chi connectivity index (χ2v) is 6.70. The average molecular weight is 411 g/mol. The zero-order valence-electron chi connectivity index (χ0n) is 16.5. The molecule has 156 valence electrons. The number of rotatable bonds is 7. The summed E-state index contributed by atoms with van der Waals surface area (Å²) in [7, 11) is 0. The first kappa shape index (κ1) is 21.0. The van der Waals surface area contributed by atoms with Crippen molar-refractivity contribution >= 4 is 17.5 Å². The molecule has 30 heavy (non-hydrogen) atoms. The van der Waals surface area contributed by atoms with Crippen molar-refractivity contribution in [3.8, 4) is 17.7 Å². The summed E-state index contributed by atoms with van der Waals surface area (Å²) in [5.74, 6) is -0.0904. The maximum atomic E-state index is 11.9. The van der Waals surface area contributed by atoms with E-state index in [0.717, 1.165) is 5.56 Å². The fraction of sp³-hybridized carbons (Fsp3) is 0.400. The highest BCUT2D eigenvalue weighted by atomic mass is 16.6. The molecule has 0 bridgehead atoms. The van der Waals surface area contributed by atoms with Crippen LogP contribution in [0.5, 0.6) is 11.6 Å². The number of nitrogens with zero attached hydrogens (tertiary/aromatic N) is 5. The zero-order valence-corrected chi connectivity index (χ0v) is 16.5. The van der Waals surface area contributed by atoms with Crippen molar-refractivity contribution in [2.45, 2.75) is 26.2 Å². The molecule has 10 heteroatoms. The molecule has 1 aliphatic rings. The lowest BCUT2D eigenvalue weighted by atomic mass is 9.97. The summed E-state index contributed by atoms with van der Waals surface area (Å²) in [6, 6.07) is 8.74. The Morgan fingerprint density at radius 3 is 2.60 bits per heavy atom. The molecule has 0 N–H and O–H groups in total. The smallest absolute Gasteiger partial charge is 0.373 e. The van der Waals surface area contributed by atoms with Gasteiger partial charge in [-0.2, -0.15) is 10.2 Å². The monoisotopic (exact) mass is 411 g/mol. The highest BCUT2D eigenvalue weighted by Gasteiger charge is 2.33. The molecule has 0 spiro atoms. The van der Waals surface area contributed by atoms with Crippen LogP contribution in [0, 0.1) is 27.4 Å². The van der Waals surface area contributed by atoms with Gasteiger partial charge in [-0.1, -0.05) is 12.1 Å². The van der Waals surface area contributed by atoms with Crippen LogP contribution in [0.3, 0.4) is 0 Å². The van der Waals surface area contributed by atoms with Gasteiger partial charge in [0.1, 0.15) is 12.1 Å². The second-order valence-electron chi connectivity index (χ2n) is 6.70. The number of nitro groups is 1. The third kappa shape index (κ3) is 4.81. The van der Waals surface area contributed by atoms with Crippen molar-refractivity contribution in [2.24, 2.45) is 5.92 Å². The van der Waals surface area contributed by atoms with Gasteiger partial charge in [-0.05, 0) is 37.5 Å². The largest absolute Gasteiger partial charge is 0.466 e. The maximum absolute atomic E-state index is 11.9. The molecular weight excluding hydrogens is 390 g/mol. The van der Waals surface area contributed by atoms with Gasteiger partial charge in [0, 0.05) is 13.1 Å². The van der Waals surface area contributed by atoms with Gasteiger partial charge >= 0.3 is 17.5 Å². The number of carbonyl (C=O) groups excluding carboxylic acids is 1. The topological polar surface area (TPSA) is 131 Å². The zero-order chi connectivity index (χ0) is 21.5. The molecule has 0 aliphatic carbocycles. The fourth-order valence-electron chi connectivity index (χ4n) is 3.29. The standard InChI is InChI=1S/C20H21N5O5/c1-2-29-20(26)15-8-11-24(12-9-15)18-17(25(27)28)19(23-13-22-18)30-16-5-3-14(4-6-16)7-10-21/h3-6,13,15H,2,7-9,11-12H2,1H3. The Morgan fingerprint density at radius 2 is 2.00 bits per heavy atom. The van der Waals surface area contributed by atoms with E-state index >= 15 is 0 Å². The summed E-state index contributed by atoms with van der Waals surface area (Å²) >= 11 is 0. The molecule has 1 aromatic heterocycles. The van der Waals surface area contributed by atoms with Crippen LogP contribution in [-0.4, -0.2) is 40.6 Å². The van der Waals surface area contributed by atoms with Crippen LogP contribution in [0.2, 0.25) is 0 Å². The third-order valence-electron chi connectivity index (χ3n) is 4.79. The van der Waals surface area contributed by atoms with Crippen molar-refractivity contribution in [2.75, 3.05) is 24.6 Å². The van der Waals surface area contributed by atoms with E-state index in [0.29, 0.717) is 38.3 Å². The Labute approximate surface area is 173 Å². The number of benzene rings is 1. The Bertz CT molecular complexity index is 949. The molecule has 1 aromatic carbocycles. The molecule has 1 aliphatic heterocycles. The molecule has 0 amide bonds. The highest BCUT2D eigenvalue weighted by Crippen LogP contribution is 2.37.